The molecule has 1 heterocycles. The molecule has 0 aliphatic heterocycles. The van der Waals surface area contributed by atoms with Crippen LogP contribution in [-0.2, 0) is 9.53 Å². The molecular formula is C10H10BrNO2. The maximum atomic E-state index is 11.2. The summed E-state index contributed by atoms with van der Waals surface area (Å²) in [5.41, 5.74) is 0.976. The zero-order valence-electron chi connectivity index (χ0n) is 7.74. The van der Waals surface area contributed by atoms with Gasteiger partial charge in [-0.25, -0.2) is 0 Å². The van der Waals surface area contributed by atoms with Crippen molar-refractivity contribution in [2.45, 2.75) is 12.3 Å². The van der Waals surface area contributed by atoms with Crippen molar-refractivity contribution in [2.24, 2.45) is 5.92 Å². The summed E-state index contributed by atoms with van der Waals surface area (Å²) in [6, 6.07) is 3.88. The van der Waals surface area contributed by atoms with E-state index in [9.17, 15) is 4.79 Å². The van der Waals surface area contributed by atoms with E-state index in [2.05, 4.69) is 25.7 Å². The van der Waals surface area contributed by atoms with Gasteiger partial charge in [0.05, 0.1) is 13.0 Å². The Balaban J connectivity index is 2.06. The lowest BCUT2D eigenvalue weighted by atomic mass is 10.2. The van der Waals surface area contributed by atoms with Crippen LogP contribution in [0.4, 0.5) is 0 Å². The first-order valence-electron chi connectivity index (χ1n) is 4.41. The van der Waals surface area contributed by atoms with Gasteiger partial charge in [0, 0.05) is 22.3 Å². The molecule has 74 valence electrons. The Morgan fingerprint density at radius 1 is 1.64 bits per heavy atom. The summed E-state index contributed by atoms with van der Waals surface area (Å²) in [6.07, 6.45) is 2.61. The molecule has 0 bridgehead atoms. The van der Waals surface area contributed by atoms with E-state index in [4.69, 9.17) is 0 Å². The largest absolute Gasteiger partial charge is 0.469 e. The molecule has 0 aromatic carbocycles. The van der Waals surface area contributed by atoms with E-state index in [1.807, 2.05) is 12.1 Å². The highest BCUT2D eigenvalue weighted by atomic mass is 79.9. The van der Waals surface area contributed by atoms with Crippen molar-refractivity contribution in [1.29, 1.82) is 0 Å². The van der Waals surface area contributed by atoms with Crippen molar-refractivity contribution in [2.75, 3.05) is 7.11 Å². The lowest BCUT2D eigenvalue weighted by Crippen LogP contribution is -2.04. The summed E-state index contributed by atoms with van der Waals surface area (Å²) in [5.74, 6) is 0.156. The van der Waals surface area contributed by atoms with Gasteiger partial charge in [-0.2, -0.15) is 0 Å². The van der Waals surface area contributed by atoms with Crippen LogP contribution in [-0.4, -0.2) is 18.1 Å². The van der Waals surface area contributed by atoms with Crippen LogP contribution in [0, 0.1) is 5.92 Å². The maximum Gasteiger partial charge on any atom is 0.309 e. The monoisotopic (exact) mass is 255 g/mol. The average molecular weight is 256 g/mol. The van der Waals surface area contributed by atoms with Gasteiger partial charge < -0.3 is 4.74 Å². The van der Waals surface area contributed by atoms with E-state index >= 15 is 0 Å². The summed E-state index contributed by atoms with van der Waals surface area (Å²) in [6.45, 7) is 0. The molecule has 2 atom stereocenters. The molecule has 1 aliphatic carbocycles. The van der Waals surface area contributed by atoms with Gasteiger partial charge in [0.25, 0.3) is 0 Å². The van der Waals surface area contributed by atoms with Crippen LogP contribution in [0.1, 0.15) is 18.0 Å². The van der Waals surface area contributed by atoms with Crippen LogP contribution >= 0.6 is 15.9 Å². The van der Waals surface area contributed by atoms with E-state index in [-0.39, 0.29) is 17.8 Å². The first kappa shape index (κ1) is 9.65. The predicted octanol–water partition coefficient (Wildman–Crippen LogP) is 2.12. The van der Waals surface area contributed by atoms with Crippen LogP contribution in [0.15, 0.2) is 22.8 Å². The molecule has 1 aliphatic rings. The normalized spacial score (nSPS) is 24.4. The third kappa shape index (κ3) is 1.80. The SMILES string of the molecule is COC(=O)[C@H]1CC1c1ccc(Br)cn1. The summed E-state index contributed by atoms with van der Waals surface area (Å²) in [5, 5.41) is 0. The fraction of sp³-hybridized carbons (Fsp3) is 0.400. The van der Waals surface area contributed by atoms with Crippen molar-refractivity contribution in [1.82, 2.24) is 4.98 Å². The molecule has 4 heteroatoms. The number of ether oxygens (including phenoxy) is 1. The van der Waals surface area contributed by atoms with Crippen molar-refractivity contribution in [3.05, 3.63) is 28.5 Å². The number of nitrogens with zero attached hydrogens (tertiary/aromatic N) is 1. The molecule has 1 aromatic heterocycles. The lowest BCUT2D eigenvalue weighted by molar-refractivity contribution is -0.142. The summed E-state index contributed by atoms with van der Waals surface area (Å²) < 4.78 is 5.63. The van der Waals surface area contributed by atoms with Crippen LogP contribution in [0.5, 0.6) is 0 Å². The Bertz CT molecular complexity index is 350. The highest BCUT2D eigenvalue weighted by Crippen LogP contribution is 2.47. The number of hydrogen-bond acceptors (Lipinski definition) is 3. The minimum atomic E-state index is -0.125. The number of esters is 1. The predicted molar refractivity (Wildman–Crippen MR) is 54.8 cm³/mol. The number of pyridine rings is 1. The molecule has 0 N–H and O–H groups in total. The minimum absolute atomic E-state index is 0.0219. The molecule has 1 saturated carbocycles. The zero-order chi connectivity index (χ0) is 10.1. The van der Waals surface area contributed by atoms with Crippen LogP contribution in [0.25, 0.3) is 0 Å². The van der Waals surface area contributed by atoms with Gasteiger partial charge in [-0.05, 0) is 34.5 Å². The summed E-state index contributed by atoms with van der Waals surface area (Å²) >= 11 is 3.32. The fourth-order valence-corrected chi connectivity index (χ4v) is 1.77. The zero-order valence-corrected chi connectivity index (χ0v) is 9.32. The Morgan fingerprint density at radius 3 is 3.00 bits per heavy atom. The van der Waals surface area contributed by atoms with Crippen LogP contribution < -0.4 is 0 Å². The number of carbonyl (C=O) groups excluding carboxylic acids is 1. The Hall–Kier alpha value is -0.900. The van der Waals surface area contributed by atoms with Crippen LogP contribution in [0.2, 0.25) is 0 Å². The second kappa shape index (κ2) is 3.69. The molecule has 1 fully saturated rings. The molecule has 0 amide bonds. The quantitative estimate of drug-likeness (QED) is 0.761. The molecule has 14 heavy (non-hydrogen) atoms. The Kier molecular flexibility index (Phi) is 2.54. The third-order valence-electron chi connectivity index (χ3n) is 2.42. The second-order valence-corrected chi connectivity index (χ2v) is 4.29. The van der Waals surface area contributed by atoms with E-state index in [0.29, 0.717) is 0 Å². The standard InChI is InChI=1S/C10H10BrNO2/c1-14-10(13)8-4-7(8)9-3-2-6(11)5-12-9/h2-3,5,7-8H,4H2,1H3/t7?,8-/m0/s1. The van der Waals surface area contributed by atoms with E-state index in [0.717, 1.165) is 16.6 Å². The fourth-order valence-electron chi connectivity index (χ4n) is 1.54. The number of carbonyl (C=O) groups is 1. The number of rotatable bonds is 2. The van der Waals surface area contributed by atoms with Gasteiger partial charge >= 0.3 is 5.97 Å². The second-order valence-electron chi connectivity index (χ2n) is 3.37. The van der Waals surface area contributed by atoms with Gasteiger partial charge in [-0.15, -0.1) is 0 Å². The lowest BCUT2D eigenvalue weighted by Gasteiger charge is -1.98. The van der Waals surface area contributed by atoms with E-state index < -0.39 is 0 Å². The van der Waals surface area contributed by atoms with Crippen molar-refractivity contribution in [3.63, 3.8) is 0 Å². The molecule has 0 radical (unpaired) electrons. The minimum Gasteiger partial charge on any atom is -0.469 e. The number of halogens is 1. The Labute approximate surface area is 90.6 Å². The Morgan fingerprint density at radius 2 is 2.43 bits per heavy atom. The van der Waals surface area contributed by atoms with Crippen molar-refractivity contribution >= 4 is 21.9 Å². The number of methoxy groups -OCH3 is 1. The smallest absolute Gasteiger partial charge is 0.309 e. The highest BCUT2D eigenvalue weighted by molar-refractivity contribution is 9.10. The summed E-state index contributed by atoms with van der Waals surface area (Å²) in [4.78, 5) is 15.4. The molecular weight excluding hydrogens is 246 g/mol. The number of hydrogen-bond donors (Lipinski definition) is 0. The molecule has 1 unspecified atom stereocenters. The van der Waals surface area contributed by atoms with Gasteiger partial charge in [0.2, 0.25) is 0 Å². The summed E-state index contributed by atoms with van der Waals surface area (Å²) in [7, 11) is 1.42. The van der Waals surface area contributed by atoms with E-state index in [1.54, 1.807) is 6.20 Å². The van der Waals surface area contributed by atoms with Gasteiger partial charge in [-0.3, -0.25) is 9.78 Å². The van der Waals surface area contributed by atoms with Gasteiger partial charge in [0.1, 0.15) is 0 Å². The molecule has 0 spiro atoms. The van der Waals surface area contributed by atoms with Crippen molar-refractivity contribution in [3.8, 4) is 0 Å². The first-order valence-corrected chi connectivity index (χ1v) is 5.21. The highest BCUT2D eigenvalue weighted by Gasteiger charge is 2.45. The first-order chi connectivity index (χ1) is 6.72. The average Bonchev–Trinajstić information content (AvgIpc) is 2.98. The van der Waals surface area contributed by atoms with Gasteiger partial charge in [-0.1, -0.05) is 0 Å². The number of aromatic nitrogens is 1. The maximum absolute atomic E-state index is 11.2. The molecule has 0 saturated heterocycles. The van der Waals surface area contributed by atoms with Gasteiger partial charge in [0.15, 0.2) is 0 Å². The van der Waals surface area contributed by atoms with Crippen LogP contribution in [0.3, 0.4) is 0 Å². The molecule has 1 aromatic rings. The molecule has 2 rings (SSSR count). The topological polar surface area (TPSA) is 39.2 Å². The van der Waals surface area contributed by atoms with Crippen molar-refractivity contribution < 1.29 is 9.53 Å². The van der Waals surface area contributed by atoms with E-state index in [1.165, 1.54) is 7.11 Å². The molecule has 3 nitrogen and oxygen atoms in total. The third-order valence-corrected chi connectivity index (χ3v) is 2.89.